The number of halogens is 3. The Hall–Kier alpha value is -1.35. The molecule has 2 aromatic rings. The van der Waals surface area contributed by atoms with Crippen LogP contribution in [0.3, 0.4) is 0 Å². The number of carbonyl (C=O) groups is 1. The molecule has 2 aliphatic heterocycles. The maximum absolute atomic E-state index is 14.5. The van der Waals surface area contributed by atoms with Gasteiger partial charge in [-0.25, -0.2) is 17.2 Å². The van der Waals surface area contributed by atoms with Gasteiger partial charge in [0.25, 0.3) is 10.0 Å². The molecule has 3 atom stereocenters. The highest BCUT2D eigenvalue weighted by molar-refractivity contribution is 7.91. The summed E-state index contributed by atoms with van der Waals surface area (Å²) in [5.41, 5.74) is -0.0982. The molecule has 0 amide bonds. The van der Waals surface area contributed by atoms with Crippen LogP contribution in [0, 0.1) is 17.6 Å². The van der Waals surface area contributed by atoms with Crippen molar-refractivity contribution in [1.29, 1.82) is 0 Å². The van der Waals surface area contributed by atoms with Crippen LogP contribution in [0.25, 0.3) is 0 Å². The van der Waals surface area contributed by atoms with Crippen LogP contribution in [0.15, 0.2) is 34.5 Å². The van der Waals surface area contributed by atoms with Gasteiger partial charge in [0.1, 0.15) is 21.6 Å². The monoisotopic (exact) mass is 417 g/mol. The molecule has 4 nitrogen and oxygen atoms in total. The summed E-state index contributed by atoms with van der Waals surface area (Å²) in [6.07, 6.45) is 1.07. The number of carbonyl (C=O) groups excluding carboxylic acids is 1. The van der Waals surface area contributed by atoms with Crippen molar-refractivity contribution in [2.45, 2.75) is 35.6 Å². The Bertz CT molecular complexity index is 992. The number of rotatable bonds is 3. The van der Waals surface area contributed by atoms with Crippen molar-refractivity contribution in [1.82, 2.24) is 4.31 Å². The van der Waals surface area contributed by atoms with E-state index in [0.29, 0.717) is 17.2 Å². The summed E-state index contributed by atoms with van der Waals surface area (Å²) in [5.74, 6) is -2.18. The van der Waals surface area contributed by atoms with E-state index in [0.717, 1.165) is 29.5 Å². The predicted octanol–water partition coefficient (Wildman–Crippen LogP) is 4.16. The predicted molar refractivity (Wildman–Crippen MR) is 93.6 cm³/mol. The second-order valence-electron chi connectivity index (χ2n) is 6.51. The van der Waals surface area contributed by atoms with Crippen molar-refractivity contribution < 1.29 is 22.0 Å². The lowest BCUT2D eigenvalue weighted by Gasteiger charge is -2.49. The number of hydrogen-bond donors (Lipinski definition) is 0. The lowest BCUT2D eigenvalue weighted by atomic mass is 9.73. The molecule has 138 valence electrons. The molecule has 0 N–H and O–H groups in total. The van der Waals surface area contributed by atoms with Crippen LogP contribution in [-0.4, -0.2) is 24.5 Å². The van der Waals surface area contributed by atoms with E-state index in [2.05, 4.69) is 0 Å². The number of fused-ring (bicyclic) bond motifs is 3. The van der Waals surface area contributed by atoms with Crippen molar-refractivity contribution in [3.63, 3.8) is 0 Å². The Morgan fingerprint density at radius 2 is 1.92 bits per heavy atom. The van der Waals surface area contributed by atoms with Crippen LogP contribution in [-0.2, 0) is 14.8 Å². The first-order chi connectivity index (χ1) is 12.3. The van der Waals surface area contributed by atoms with E-state index in [4.69, 9.17) is 11.6 Å². The minimum absolute atomic E-state index is 0.0318. The van der Waals surface area contributed by atoms with E-state index in [1.807, 2.05) is 0 Å². The molecular weight excluding hydrogens is 404 g/mol. The number of benzene rings is 1. The van der Waals surface area contributed by atoms with Crippen LogP contribution in [0.1, 0.15) is 30.9 Å². The highest BCUT2D eigenvalue weighted by atomic mass is 35.5. The lowest BCUT2D eigenvalue weighted by Crippen LogP contribution is -2.56. The largest absolute Gasteiger partial charge is 0.299 e. The first kappa shape index (κ1) is 18.0. The molecule has 5 rings (SSSR count). The fourth-order valence-electron chi connectivity index (χ4n) is 3.96. The van der Waals surface area contributed by atoms with E-state index < -0.39 is 39.7 Å². The highest BCUT2D eigenvalue weighted by Gasteiger charge is 2.53. The standard InChI is InChI=1S/C17H14ClF2NO3S2/c18-15-5-6-16(25-15)26(23,24)21-10-2-3-11(14(22)8-10)17(21)12-7-9(19)1-4-13(12)20/h1,4-7,10-11,17H,2-3,8H2/t10-,11+,17-/m0/s1. The summed E-state index contributed by atoms with van der Waals surface area (Å²) in [6.45, 7) is 0. The van der Waals surface area contributed by atoms with Gasteiger partial charge in [-0.05, 0) is 43.2 Å². The number of ketones is 1. The minimum atomic E-state index is -4.00. The number of sulfonamides is 1. The fourth-order valence-corrected chi connectivity index (χ4v) is 7.40. The summed E-state index contributed by atoms with van der Waals surface area (Å²) in [5, 5.41) is 0. The van der Waals surface area contributed by atoms with Crippen LogP contribution in [0.2, 0.25) is 4.34 Å². The molecule has 0 radical (unpaired) electrons. The molecule has 9 heteroatoms. The second kappa shape index (κ2) is 6.37. The van der Waals surface area contributed by atoms with Crippen molar-refractivity contribution in [2.75, 3.05) is 0 Å². The molecule has 1 aromatic heterocycles. The first-order valence-electron chi connectivity index (χ1n) is 8.05. The highest BCUT2D eigenvalue weighted by Crippen LogP contribution is 2.49. The zero-order valence-electron chi connectivity index (χ0n) is 13.4. The van der Waals surface area contributed by atoms with Gasteiger partial charge in [-0.3, -0.25) is 4.79 Å². The molecule has 2 saturated heterocycles. The maximum Gasteiger partial charge on any atom is 0.253 e. The quantitative estimate of drug-likeness (QED) is 0.753. The van der Waals surface area contributed by atoms with Crippen molar-refractivity contribution >= 4 is 38.7 Å². The van der Waals surface area contributed by atoms with Crippen molar-refractivity contribution in [3.8, 4) is 0 Å². The Morgan fingerprint density at radius 1 is 1.15 bits per heavy atom. The average Bonchev–Trinajstić information content (AvgIpc) is 3.04. The number of hydrogen-bond acceptors (Lipinski definition) is 4. The number of Topliss-reactive ketones (excluding diaryl/α,β-unsaturated/α-hetero) is 1. The topological polar surface area (TPSA) is 54.5 Å². The summed E-state index contributed by atoms with van der Waals surface area (Å²) >= 11 is 6.78. The van der Waals surface area contributed by atoms with Crippen LogP contribution in [0.5, 0.6) is 0 Å². The first-order valence-corrected chi connectivity index (χ1v) is 10.7. The molecule has 0 spiro atoms. The Labute approximate surface area is 158 Å². The van der Waals surface area contributed by atoms with Gasteiger partial charge < -0.3 is 0 Å². The van der Waals surface area contributed by atoms with Crippen LogP contribution in [0.4, 0.5) is 8.78 Å². The molecule has 3 heterocycles. The van der Waals surface area contributed by atoms with Crippen LogP contribution >= 0.6 is 22.9 Å². The summed E-state index contributed by atoms with van der Waals surface area (Å²) in [4.78, 5) is 12.4. The molecule has 1 aromatic carbocycles. The van der Waals surface area contributed by atoms with Gasteiger partial charge >= 0.3 is 0 Å². The van der Waals surface area contributed by atoms with Gasteiger partial charge in [0.15, 0.2) is 0 Å². The fraction of sp³-hybridized carbons (Fsp3) is 0.353. The zero-order valence-corrected chi connectivity index (χ0v) is 15.8. The van der Waals surface area contributed by atoms with E-state index in [1.54, 1.807) is 0 Å². The van der Waals surface area contributed by atoms with E-state index >= 15 is 0 Å². The Morgan fingerprint density at radius 3 is 2.58 bits per heavy atom. The molecule has 26 heavy (non-hydrogen) atoms. The van der Waals surface area contributed by atoms with Gasteiger partial charge in [0, 0.05) is 23.9 Å². The minimum Gasteiger partial charge on any atom is -0.299 e. The summed E-state index contributed by atoms with van der Waals surface area (Å²) in [6, 6.07) is 4.18. The normalized spacial score (nSPS) is 26.4. The average molecular weight is 418 g/mol. The number of piperidine rings is 2. The SMILES string of the molecule is O=C1C[C@@H]2CC[C@H]1[C@@H](c1cc(F)ccc1F)N2S(=O)(=O)c1ccc(Cl)s1. The lowest BCUT2D eigenvalue weighted by molar-refractivity contribution is -0.133. The second-order valence-corrected chi connectivity index (χ2v) is 10.3. The third kappa shape index (κ3) is 2.79. The molecular formula is C17H14ClF2NO3S2. The molecule has 0 unspecified atom stereocenters. The van der Waals surface area contributed by atoms with Gasteiger partial charge in [0.05, 0.1) is 10.4 Å². The summed E-state index contributed by atoms with van der Waals surface area (Å²) < 4.78 is 56.2. The zero-order chi connectivity index (χ0) is 18.6. The Kier molecular flexibility index (Phi) is 4.42. The smallest absolute Gasteiger partial charge is 0.253 e. The molecule has 1 saturated carbocycles. The number of nitrogens with zero attached hydrogens (tertiary/aromatic N) is 1. The third-order valence-electron chi connectivity index (χ3n) is 5.03. The van der Waals surface area contributed by atoms with E-state index in [-0.39, 0.29) is 22.0 Å². The van der Waals surface area contributed by atoms with Crippen molar-refractivity contribution in [3.05, 3.63) is 51.9 Å². The van der Waals surface area contributed by atoms with Gasteiger partial charge in [-0.1, -0.05) is 11.6 Å². The molecule has 1 aliphatic carbocycles. The summed E-state index contributed by atoms with van der Waals surface area (Å²) in [7, 11) is -4.00. The van der Waals surface area contributed by atoms with Crippen LogP contribution < -0.4 is 0 Å². The maximum atomic E-state index is 14.5. The molecule has 3 fully saturated rings. The molecule has 2 bridgehead atoms. The number of thiophene rings is 1. The third-order valence-corrected chi connectivity index (χ3v) is 8.67. The van der Waals surface area contributed by atoms with Gasteiger partial charge in [0.2, 0.25) is 0 Å². The van der Waals surface area contributed by atoms with Gasteiger partial charge in [-0.15, -0.1) is 11.3 Å². The van der Waals surface area contributed by atoms with E-state index in [9.17, 15) is 22.0 Å². The van der Waals surface area contributed by atoms with E-state index in [1.165, 1.54) is 16.4 Å². The molecule has 3 aliphatic rings. The van der Waals surface area contributed by atoms with Gasteiger partial charge in [-0.2, -0.15) is 4.31 Å². The van der Waals surface area contributed by atoms with Crippen molar-refractivity contribution in [2.24, 2.45) is 5.92 Å². The Balaban J connectivity index is 1.88.